The van der Waals surface area contributed by atoms with Crippen molar-refractivity contribution in [1.29, 1.82) is 0 Å². The molecule has 5 nitrogen and oxygen atoms in total. The Morgan fingerprint density at radius 2 is 1.74 bits per heavy atom. The number of benzene rings is 1. The molecule has 0 unspecified atom stereocenters. The third-order valence-corrected chi connectivity index (χ3v) is 4.91. The molecule has 1 aliphatic heterocycles. The molecule has 3 N–H and O–H groups in total. The van der Waals surface area contributed by atoms with Crippen molar-refractivity contribution >= 4 is 46.3 Å². The number of rotatable bonds is 3. The minimum atomic E-state index is 0.382. The lowest BCUT2D eigenvalue weighted by Gasteiger charge is -2.34. The molecule has 1 aromatic heterocycles. The van der Waals surface area contributed by atoms with Crippen LogP contribution in [-0.4, -0.2) is 23.3 Å². The maximum absolute atomic E-state index is 6.32. The number of piperidine rings is 1. The molecule has 0 spiro atoms. The van der Waals surface area contributed by atoms with Gasteiger partial charge in [0, 0.05) is 23.1 Å². The van der Waals surface area contributed by atoms with E-state index in [-0.39, 0.29) is 0 Å². The first-order chi connectivity index (χ1) is 11.1. The largest absolute Gasteiger partial charge is 0.369 e. The van der Waals surface area contributed by atoms with Gasteiger partial charge < -0.3 is 10.3 Å². The number of nitrogen functional groups attached to an aromatic ring is 1. The summed E-state index contributed by atoms with van der Waals surface area (Å²) in [5.74, 6) is 6.21. The smallest absolute Gasteiger partial charge is 0.183 e. The number of nitrogens with two attached hydrogens (primary N) is 1. The molecule has 23 heavy (non-hydrogen) atoms. The molecule has 122 valence electrons. The van der Waals surface area contributed by atoms with Crippen molar-refractivity contribution in [3.05, 3.63) is 45.0 Å². The van der Waals surface area contributed by atoms with Crippen LogP contribution in [0.3, 0.4) is 0 Å². The lowest BCUT2D eigenvalue weighted by atomic mass is 9.89. The SMILES string of the molecule is NNc1nncc(N2CCC(c3cc(Cl)cc(Cl)c3)CC2)c1Cl. The molecule has 0 bridgehead atoms. The highest BCUT2D eigenvalue weighted by Crippen LogP contribution is 2.36. The summed E-state index contributed by atoms with van der Waals surface area (Å²) in [6.07, 6.45) is 3.64. The Hall–Kier alpha value is -1.27. The van der Waals surface area contributed by atoms with Crippen LogP contribution in [0.25, 0.3) is 0 Å². The van der Waals surface area contributed by atoms with Gasteiger partial charge in [-0.25, -0.2) is 5.84 Å². The van der Waals surface area contributed by atoms with Gasteiger partial charge >= 0.3 is 0 Å². The molecule has 2 aromatic rings. The van der Waals surface area contributed by atoms with Crippen LogP contribution in [0.1, 0.15) is 24.3 Å². The third-order valence-electron chi connectivity index (χ3n) is 4.10. The standard InChI is InChI=1S/C15H16Cl3N5/c16-11-5-10(6-12(17)7-11)9-1-3-23(4-2-9)13-8-20-22-15(21-19)14(13)18/h5-9H,1-4,19H2,(H,21,22). The van der Waals surface area contributed by atoms with Gasteiger partial charge in [-0.2, -0.15) is 5.10 Å². The van der Waals surface area contributed by atoms with Crippen LogP contribution >= 0.6 is 34.8 Å². The van der Waals surface area contributed by atoms with Crippen molar-refractivity contribution in [2.75, 3.05) is 23.4 Å². The predicted octanol–water partition coefficient (Wildman–Crippen LogP) is 4.11. The topological polar surface area (TPSA) is 67.1 Å². The van der Waals surface area contributed by atoms with Crippen molar-refractivity contribution in [1.82, 2.24) is 10.2 Å². The molecule has 1 aliphatic rings. The normalized spacial score (nSPS) is 15.7. The number of anilines is 2. The van der Waals surface area contributed by atoms with E-state index in [0.717, 1.165) is 31.6 Å². The highest BCUT2D eigenvalue weighted by Gasteiger charge is 2.23. The first-order valence-electron chi connectivity index (χ1n) is 7.27. The fourth-order valence-electron chi connectivity index (χ4n) is 2.94. The highest BCUT2D eigenvalue weighted by molar-refractivity contribution is 6.35. The summed E-state index contributed by atoms with van der Waals surface area (Å²) in [5, 5.41) is 9.64. The maximum Gasteiger partial charge on any atom is 0.183 e. The number of halogens is 3. The quantitative estimate of drug-likeness (QED) is 0.627. The minimum Gasteiger partial charge on any atom is -0.369 e. The molecule has 8 heteroatoms. The van der Waals surface area contributed by atoms with Crippen LogP contribution in [-0.2, 0) is 0 Å². The molecule has 0 saturated carbocycles. The van der Waals surface area contributed by atoms with Gasteiger partial charge in [0.2, 0.25) is 0 Å². The molecule has 1 aromatic carbocycles. The molecule has 0 atom stereocenters. The second-order valence-corrected chi connectivity index (χ2v) is 6.75. The minimum absolute atomic E-state index is 0.382. The van der Waals surface area contributed by atoms with E-state index in [1.807, 2.05) is 12.1 Å². The van der Waals surface area contributed by atoms with E-state index in [0.29, 0.717) is 26.8 Å². The van der Waals surface area contributed by atoms with Crippen molar-refractivity contribution in [2.45, 2.75) is 18.8 Å². The Morgan fingerprint density at radius 1 is 1.09 bits per heavy atom. The fraction of sp³-hybridized carbons (Fsp3) is 0.333. The number of aromatic nitrogens is 2. The molecular formula is C15H16Cl3N5. The van der Waals surface area contributed by atoms with E-state index in [4.69, 9.17) is 40.6 Å². The van der Waals surface area contributed by atoms with Crippen LogP contribution in [0, 0.1) is 0 Å². The zero-order valence-corrected chi connectivity index (χ0v) is 14.5. The summed E-state index contributed by atoms with van der Waals surface area (Å²) in [5.41, 5.74) is 4.49. The van der Waals surface area contributed by atoms with Gasteiger partial charge in [-0.15, -0.1) is 5.10 Å². The molecule has 0 aliphatic carbocycles. The molecule has 1 saturated heterocycles. The summed E-state index contributed by atoms with van der Waals surface area (Å²) in [7, 11) is 0. The molecule has 1 fully saturated rings. The average molecular weight is 373 g/mol. The lowest BCUT2D eigenvalue weighted by Crippen LogP contribution is -2.33. The number of hydrogen-bond donors (Lipinski definition) is 2. The van der Waals surface area contributed by atoms with Gasteiger partial charge in [0.1, 0.15) is 5.02 Å². The summed E-state index contributed by atoms with van der Waals surface area (Å²) < 4.78 is 0. The van der Waals surface area contributed by atoms with Crippen LogP contribution in [0.5, 0.6) is 0 Å². The van der Waals surface area contributed by atoms with E-state index in [1.54, 1.807) is 12.3 Å². The van der Waals surface area contributed by atoms with E-state index in [1.165, 1.54) is 5.56 Å². The maximum atomic E-state index is 6.32. The second kappa shape index (κ2) is 7.09. The predicted molar refractivity (Wildman–Crippen MR) is 95.5 cm³/mol. The van der Waals surface area contributed by atoms with Crippen LogP contribution in [0.2, 0.25) is 15.1 Å². The van der Waals surface area contributed by atoms with E-state index < -0.39 is 0 Å². The summed E-state index contributed by atoms with van der Waals surface area (Å²) >= 11 is 18.5. The first kappa shape index (κ1) is 16.6. The molecule has 3 rings (SSSR count). The van der Waals surface area contributed by atoms with E-state index >= 15 is 0 Å². The second-order valence-electron chi connectivity index (χ2n) is 5.50. The summed E-state index contributed by atoms with van der Waals surface area (Å²) in [6.45, 7) is 1.73. The first-order valence-corrected chi connectivity index (χ1v) is 8.40. The van der Waals surface area contributed by atoms with Crippen molar-refractivity contribution in [3.63, 3.8) is 0 Å². The Morgan fingerprint density at radius 3 is 2.35 bits per heavy atom. The van der Waals surface area contributed by atoms with Crippen LogP contribution in [0.15, 0.2) is 24.4 Å². The van der Waals surface area contributed by atoms with E-state index in [9.17, 15) is 0 Å². The Balaban J connectivity index is 1.73. The fourth-order valence-corrected chi connectivity index (χ4v) is 3.74. The molecule has 2 heterocycles. The van der Waals surface area contributed by atoms with Gasteiger partial charge in [-0.05, 0) is 42.5 Å². The van der Waals surface area contributed by atoms with Crippen molar-refractivity contribution in [3.8, 4) is 0 Å². The highest BCUT2D eigenvalue weighted by atomic mass is 35.5. The zero-order chi connectivity index (χ0) is 16.4. The monoisotopic (exact) mass is 371 g/mol. The van der Waals surface area contributed by atoms with Gasteiger partial charge in [0.25, 0.3) is 0 Å². The summed E-state index contributed by atoms with van der Waals surface area (Å²) in [6, 6.07) is 5.74. The lowest BCUT2D eigenvalue weighted by molar-refractivity contribution is 0.505. The Labute approximate surface area is 149 Å². The third kappa shape index (κ3) is 3.63. The Bertz CT molecular complexity index is 681. The van der Waals surface area contributed by atoms with Gasteiger partial charge in [-0.3, -0.25) is 0 Å². The zero-order valence-electron chi connectivity index (χ0n) is 12.3. The van der Waals surface area contributed by atoms with Crippen LogP contribution in [0.4, 0.5) is 11.5 Å². The molecule has 0 amide bonds. The molecule has 0 radical (unpaired) electrons. The number of hydrogen-bond acceptors (Lipinski definition) is 5. The average Bonchev–Trinajstić information content (AvgIpc) is 2.54. The van der Waals surface area contributed by atoms with E-state index in [2.05, 4.69) is 20.5 Å². The van der Waals surface area contributed by atoms with Crippen molar-refractivity contribution in [2.24, 2.45) is 5.84 Å². The Kier molecular flexibility index (Phi) is 5.11. The van der Waals surface area contributed by atoms with Gasteiger partial charge in [0.15, 0.2) is 5.82 Å². The van der Waals surface area contributed by atoms with Crippen molar-refractivity contribution < 1.29 is 0 Å². The number of nitrogens with zero attached hydrogens (tertiary/aromatic N) is 3. The molecular weight excluding hydrogens is 357 g/mol. The summed E-state index contributed by atoms with van der Waals surface area (Å²) in [4.78, 5) is 2.19. The van der Waals surface area contributed by atoms with Gasteiger partial charge in [0.05, 0.1) is 11.9 Å². The van der Waals surface area contributed by atoms with Crippen LogP contribution < -0.4 is 16.2 Å². The van der Waals surface area contributed by atoms with Gasteiger partial charge in [-0.1, -0.05) is 34.8 Å². The number of hydrazine groups is 1. The number of nitrogens with one attached hydrogen (secondary N) is 1.